The summed E-state index contributed by atoms with van der Waals surface area (Å²) in [5.74, 6) is 1.19. The normalized spacial score (nSPS) is 23.9. The zero-order chi connectivity index (χ0) is 16.8. The lowest BCUT2D eigenvalue weighted by molar-refractivity contribution is -0.124. The highest BCUT2D eigenvalue weighted by molar-refractivity contribution is 5.89. The first-order valence-electron chi connectivity index (χ1n) is 8.11. The second-order valence-electron chi connectivity index (χ2n) is 6.25. The topological polar surface area (TPSA) is 64.6 Å². The summed E-state index contributed by atoms with van der Waals surface area (Å²) in [6, 6.07) is 6.78. The fraction of sp³-hybridized carbons (Fsp3) is 0.556. The van der Waals surface area contributed by atoms with E-state index < -0.39 is 5.97 Å². The maximum atomic E-state index is 12.0. The highest BCUT2D eigenvalue weighted by atomic mass is 16.5. The summed E-state index contributed by atoms with van der Waals surface area (Å²) in [7, 11) is 1.34. The standard InChI is InChI=1S/C18H25NO4/c1-12-5-4-6-16(13(12)2)19-17(20)11-23-15-9-7-14(8-10-15)18(21)22-3/h7-10,12-13,16H,4-6,11H2,1-3H3,(H,19,20)/t12-,13-,16+/m1/s1. The molecule has 0 aliphatic heterocycles. The smallest absolute Gasteiger partial charge is 0.337 e. The van der Waals surface area contributed by atoms with Crippen molar-refractivity contribution in [2.75, 3.05) is 13.7 Å². The first-order valence-corrected chi connectivity index (χ1v) is 8.11. The van der Waals surface area contributed by atoms with Gasteiger partial charge < -0.3 is 14.8 Å². The van der Waals surface area contributed by atoms with Crippen LogP contribution < -0.4 is 10.1 Å². The summed E-state index contributed by atoms with van der Waals surface area (Å²) in [6.45, 7) is 4.42. The van der Waals surface area contributed by atoms with Crippen molar-refractivity contribution in [3.63, 3.8) is 0 Å². The Labute approximate surface area is 137 Å². The van der Waals surface area contributed by atoms with Crippen molar-refractivity contribution in [3.05, 3.63) is 29.8 Å². The van der Waals surface area contributed by atoms with Crippen LogP contribution in [-0.2, 0) is 9.53 Å². The molecule has 5 heteroatoms. The van der Waals surface area contributed by atoms with Crippen LogP contribution in [-0.4, -0.2) is 31.6 Å². The second kappa shape index (κ2) is 7.99. The number of amides is 1. The van der Waals surface area contributed by atoms with Crippen LogP contribution in [0.3, 0.4) is 0 Å². The van der Waals surface area contributed by atoms with Crippen LogP contribution in [0.5, 0.6) is 5.75 Å². The Morgan fingerprint density at radius 1 is 1.17 bits per heavy atom. The van der Waals surface area contributed by atoms with Crippen LogP contribution in [0.2, 0.25) is 0 Å². The van der Waals surface area contributed by atoms with Crippen molar-refractivity contribution < 1.29 is 19.1 Å². The Kier molecular flexibility index (Phi) is 6.02. The monoisotopic (exact) mass is 319 g/mol. The number of carbonyl (C=O) groups is 2. The number of nitrogens with one attached hydrogen (secondary N) is 1. The number of methoxy groups -OCH3 is 1. The summed E-state index contributed by atoms with van der Waals surface area (Å²) in [4.78, 5) is 23.4. The Morgan fingerprint density at radius 2 is 1.87 bits per heavy atom. The molecule has 23 heavy (non-hydrogen) atoms. The first kappa shape index (κ1) is 17.3. The van der Waals surface area contributed by atoms with Gasteiger partial charge in [-0.05, 0) is 42.5 Å². The summed E-state index contributed by atoms with van der Waals surface area (Å²) in [6.07, 6.45) is 3.42. The third-order valence-electron chi connectivity index (χ3n) is 4.70. The molecule has 0 saturated heterocycles. The third kappa shape index (κ3) is 4.71. The van der Waals surface area contributed by atoms with Gasteiger partial charge in [-0.3, -0.25) is 4.79 Å². The van der Waals surface area contributed by atoms with Crippen molar-refractivity contribution in [1.29, 1.82) is 0 Å². The molecular formula is C18H25NO4. The lowest BCUT2D eigenvalue weighted by atomic mass is 9.78. The van der Waals surface area contributed by atoms with Crippen molar-refractivity contribution in [3.8, 4) is 5.75 Å². The van der Waals surface area contributed by atoms with Gasteiger partial charge in [0.15, 0.2) is 6.61 Å². The van der Waals surface area contributed by atoms with Crippen LogP contribution in [0, 0.1) is 11.8 Å². The van der Waals surface area contributed by atoms with Gasteiger partial charge in [0.05, 0.1) is 12.7 Å². The van der Waals surface area contributed by atoms with Crippen LogP contribution in [0.1, 0.15) is 43.5 Å². The van der Waals surface area contributed by atoms with Gasteiger partial charge in [0.1, 0.15) is 5.75 Å². The number of esters is 1. The molecule has 0 aromatic heterocycles. The number of ether oxygens (including phenoxy) is 2. The maximum absolute atomic E-state index is 12.0. The summed E-state index contributed by atoms with van der Waals surface area (Å²) < 4.78 is 10.1. The number of carbonyl (C=O) groups excluding carboxylic acids is 2. The second-order valence-corrected chi connectivity index (χ2v) is 6.25. The van der Waals surface area contributed by atoms with E-state index in [1.807, 2.05) is 0 Å². The largest absolute Gasteiger partial charge is 0.484 e. The lowest BCUT2D eigenvalue weighted by Crippen LogP contribution is -2.45. The van der Waals surface area contributed by atoms with Crippen LogP contribution in [0.15, 0.2) is 24.3 Å². The van der Waals surface area contributed by atoms with E-state index in [1.54, 1.807) is 24.3 Å². The van der Waals surface area contributed by atoms with E-state index in [-0.39, 0.29) is 18.6 Å². The summed E-state index contributed by atoms with van der Waals surface area (Å²) in [5.41, 5.74) is 0.453. The molecule has 0 spiro atoms. The van der Waals surface area contributed by atoms with Crippen molar-refractivity contribution >= 4 is 11.9 Å². The zero-order valence-corrected chi connectivity index (χ0v) is 14.0. The predicted octanol–water partition coefficient (Wildman–Crippen LogP) is 2.79. The lowest BCUT2D eigenvalue weighted by Gasteiger charge is -2.34. The van der Waals surface area contributed by atoms with E-state index >= 15 is 0 Å². The van der Waals surface area contributed by atoms with E-state index in [9.17, 15) is 9.59 Å². The molecular weight excluding hydrogens is 294 g/mol. The Morgan fingerprint density at radius 3 is 2.52 bits per heavy atom. The molecule has 1 saturated carbocycles. The van der Waals surface area contributed by atoms with E-state index in [0.29, 0.717) is 23.1 Å². The molecule has 0 unspecified atom stereocenters. The highest BCUT2D eigenvalue weighted by Gasteiger charge is 2.28. The van der Waals surface area contributed by atoms with E-state index in [4.69, 9.17) is 4.74 Å². The molecule has 0 radical (unpaired) electrons. The molecule has 1 fully saturated rings. The molecule has 0 bridgehead atoms. The minimum Gasteiger partial charge on any atom is -0.484 e. The molecule has 1 aliphatic carbocycles. The van der Waals surface area contributed by atoms with Gasteiger partial charge in [-0.15, -0.1) is 0 Å². The molecule has 1 aromatic rings. The van der Waals surface area contributed by atoms with Gasteiger partial charge >= 0.3 is 5.97 Å². The van der Waals surface area contributed by atoms with Crippen LogP contribution in [0.4, 0.5) is 0 Å². The molecule has 1 aliphatic rings. The van der Waals surface area contributed by atoms with E-state index in [0.717, 1.165) is 12.8 Å². The fourth-order valence-electron chi connectivity index (χ4n) is 2.99. The number of rotatable bonds is 5. The molecule has 1 amide bonds. The first-order chi connectivity index (χ1) is 11.0. The molecule has 1 N–H and O–H groups in total. The average Bonchev–Trinajstić information content (AvgIpc) is 2.57. The summed E-state index contributed by atoms with van der Waals surface area (Å²) in [5, 5.41) is 3.07. The molecule has 3 atom stereocenters. The Bertz CT molecular complexity index is 540. The third-order valence-corrected chi connectivity index (χ3v) is 4.70. The minimum absolute atomic E-state index is 0.0187. The number of hydrogen-bond donors (Lipinski definition) is 1. The zero-order valence-electron chi connectivity index (χ0n) is 14.0. The van der Waals surface area contributed by atoms with Gasteiger partial charge in [-0.2, -0.15) is 0 Å². The molecule has 5 nitrogen and oxygen atoms in total. The molecule has 1 aromatic carbocycles. The van der Waals surface area contributed by atoms with Gasteiger partial charge in [-0.25, -0.2) is 4.79 Å². The quantitative estimate of drug-likeness (QED) is 0.848. The van der Waals surface area contributed by atoms with Crippen molar-refractivity contribution in [2.45, 2.75) is 39.2 Å². The Hall–Kier alpha value is -2.04. The van der Waals surface area contributed by atoms with Crippen LogP contribution >= 0.6 is 0 Å². The summed E-state index contributed by atoms with van der Waals surface area (Å²) >= 11 is 0. The van der Waals surface area contributed by atoms with Crippen LogP contribution in [0.25, 0.3) is 0 Å². The molecule has 2 rings (SSSR count). The van der Waals surface area contributed by atoms with Gasteiger partial charge in [-0.1, -0.05) is 26.7 Å². The van der Waals surface area contributed by atoms with Gasteiger partial charge in [0.2, 0.25) is 0 Å². The van der Waals surface area contributed by atoms with Gasteiger partial charge in [0, 0.05) is 6.04 Å². The number of benzene rings is 1. The van der Waals surface area contributed by atoms with Gasteiger partial charge in [0.25, 0.3) is 5.91 Å². The van der Waals surface area contributed by atoms with E-state index in [1.165, 1.54) is 13.5 Å². The van der Waals surface area contributed by atoms with Crippen molar-refractivity contribution in [2.24, 2.45) is 11.8 Å². The number of hydrogen-bond acceptors (Lipinski definition) is 4. The SMILES string of the molecule is COC(=O)c1ccc(OCC(=O)N[C@H]2CCC[C@@H](C)[C@H]2C)cc1. The highest BCUT2D eigenvalue weighted by Crippen LogP contribution is 2.29. The van der Waals surface area contributed by atoms with E-state index in [2.05, 4.69) is 23.9 Å². The minimum atomic E-state index is -0.394. The Balaban J connectivity index is 1.81. The van der Waals surface area contributed by atoms with Crippen molar-refractivity contribution in [1.82, 2.24) is 5.32 Å². The predicted molar refractivity (Wildman–Crippen MR) is 87.4 cm³/mol. The molecule has 0 heterocycles. The average molecular weight is 319 g/mol. The molecule has 126 valence electrons. The fourth-order valence-corrected chi connectivity index (χ4v) is 2.99. The maximum Gasteiger partial charge on any atom is 0.337 e.